The van der Waals surface area contributed by atoms with E-state index in [1.165, 1.54) is 33.5 Å². The van der Waals surface area contributed by atoms with Crippen molar-refractivity contribution in [3.63, 3.8) is 0 Å². The number of carbonyl (C=O) groups excluding carboxylic acids is 2. The summed E-state index contributed by atoms with van der Waals surface area (Å²) in [6, 6.07) is 2.79. The van der Waals surface area contributed by atoms with E-state index in [1.54, 1.807) is 0 Å². The number of benzene rings is 1. The Labute approximate surface area is 115 Å². The van der Waals surface area contributed by atoms with Crippen LogP contribution in [0.2, 0.25) is 0 Å². The molecule has 0 bridgehead atoms. The van der Waals surface area contributed by atoms with E-state index in [4.69, 9.17) is 14.2 Å². The molecule has 0 aliphatic heterocycles. The van der Waals surface area contributed by atoms with Gasteiger partial charge in [-0.2, -0.15) is 0 Å². The van der Waals surface area contributed by atoms with E-state index in [0.717, 1.165) is 6.08 Å². The topological polar surface area (TPSA) is 108 Å². The molecule has 0 unspecified atom stereocenters. The van der Waals surface area contributed by atoms with E-state index in [0.29, 0.717) is 5.75 Å². The van der Waals surface area contributed by atoms with Gasteiger partial charge in [0.05, 0.1) is 33.3 Å². The summed E-state index contributed by atoms with van der Waals surface area (Å²) in [4.78, 5) is 21.4. The van der Waals surface area contributed by atoms with Crippen LogP contribution in [-0.2, 0) is 9.59 Å². The molecule has 0 aliphatic carbocycles. The first-order chi connectivity index (χ1) is 9.44. The minimum absolute atomic E-state index is 0.225. The van der Waals surface area contributed by atoms with Crippen molar-refractivity contribution in [1.29, 1.82) is 0 Å². The third kappa shape index (κ3) is 3.19. The molecule has 0 saturated carbocycles. The third-order valence-corrected chi connectivity index (χ3v) is 2.44. The Morgan fingerprint density at radius 1 is 0.950 bits per heavy atom. The number of rotatable bonds is 6. The summed E-state index contributed by atoms with van der Waals surface area (Å²) in [7, 11) is 4.16. The second kappa shape index (κ2) is 6.46. The first-order valence-corrected chi connectivity index (χ1v) is 5.39. The van der Waals surface area contributed by atoms with E-state index in [1.807, 2.05) is 0 Å². The molecule has 0 atom stereocenters. The zero-order chi connectivity index (χ0) is 15.3. The number of hydrogen-bond donors (Lipinski definition) is 0. The zero-order valence-electron chi connectivity index (χ0n) is 11.1. The predicted molar refractivity (Wildman–Crippen MR) is 64.1 cm³/mol. The zero-order valence-corrected chi connectivity index (χ0v) is 11.1. The highest BCUT2D eigenvalue weighted by Crippen LogP contribution is 2.38. The summed E-state index contributed by atoms with van der Waals surface area (Å²) >= 11 is 0. The van der Waals surface area contributed by atoms with E-state index < -0.39 is 17.5 Å². The molecule has 1 rings (SSSR count). The van der Waals surface area contributed by atoms with Crippen molar-refractivity contribution in [3.05, 3.63) is 23.3 Å². The SMILES string of the molecule is COc1cc(C=C(C(=O)[O-])C(=O)[O-])cc(OC)c1OC. The number of carbonyl (C=O) groups is 2. The fourth-order valence-corrected chi connectivity index (χ4v) is 1.55. The normalized spacial score (nSPS) is 9.55. The highest BCUT2D eigenvalue weighted by Gasteiger charge is 2.13. The molecular formula is C13H12O7-2. The van der Waals surface area contributed by atoms with Crippen LogP contribution in [0.4, 0.5) is 0 Å². The molecular weight excluding hydrogens is 268 g/mol. The largest absolute Gasteiger partial charge is 0.545 e. The van der Waals surface area contributed by atoms with Crippen LogP contribution in [0, 0.1) is 0 Å². The Kier molecular flexibility index (Phi) is 4.96. The average molecular weight is 280 g/mol. The van der Waals surface area contributed by atoms with Gasteiger partial charge in [-0.1, -0.05) is 0 Å². The van der Waals surface area contributed by atoms with Crippen LogP contribution < -0.4 is 24.4 Å². The lowest BCUT2D eigenvalue weighted by molar-refractivity contribution is -0.311. The van der Waals surface area contributed by atoms with Crippen molar-refractivity contribution in [2.75, 3.05) is 21.3 Å². The second-order valence-electron chi connectivity index (χ2n) is 3.59. The second-order valence-corrected chi connectivity index (χ2v) is 3.59. The molecule has 0 fully saturated rings. The van der Waals surface area contributed by atoms with Crippen LogP contribution in [-0.4, -0.2) is 33.3 Å². The van der Waals surface area contributed by atoms with Gasteiger partial charge >= 0.3 is 0 Å². The molecule has 0 aliphatic rings. The quantitative estimate of drug-likeness (QED) is 0.358. The van der Waals surface area contributed by atoms with Crippen LogP contribution in [0.3, 0.4) is 0 Å². The predicted octanol–water partition coefficient (Wildman–Crippen LogP) is -1.40. The summed E-state index contributed by atoms with van der Waals surface area (Å²) in [6.07, 6.45) is 0.884. The molecule has 1 aromatic rings. The van der Waals surface area contributed by atoms with E-state index in [-0.39, 0.29) is 17.1 Å². The van der Waals surface area contributed by atoms with Gasteiger partial charge in [0, 0.05) is 5.57 Å². The van der Waals surface area contributed by atoms with E-state index >= 15 is 0 Å². The van der Waals surface area contributed by atoms with Crippen LogP contribution in [0.25, 0.3) is 6.08 Å². The van der Waals surface area contributed by atoms with Gasteiger partial charge in [0.1, 0.15) is 0 Å². The van der Waals surface area contributed by atoms with Crippen molar-refractivity contribution in [3.8, 4) is 17.2 Å². The van der Waals surface area contributed by atoms with Crippen molar-refractivity contribution in [1.82, 2.24) is 0 Å². The standard InChI is InChI=1S/C13H14O7/c1-18-9-5-7(4-8(12(14)15)13(16)17)6-10(19-2)11(9)20-3/h4-6H,1-3H3,(H,14,15)(H,16,17)/p-2. The molecule has 0 heterocycles. The lowest BCUT2D eigenvalue weighted by Crippen LogP contribution is -2.36. The number of methoxy groups -OCH3 is 3. The Balaban J connectivity index is 3.43. The molecule has 0 saturated heterocycles. The Hall–Kier alpha value is -2.70. The van der Waals surface area contributed by atoms with Crippen molar-refractivity contribution in [2.24, 2.45) is 0 Å². The van der Waals surface area contributed by atoms with Crippen LogP contribution in [0.5, 0.6) is 17.2 Å². The molecule has 7 heteroatoms. The summed E-state index contributed by atoms with van der Waals surface area (Å²) in [5.41, 5.74) is -0.762. The molecule has 20 heavy (non-hydrogen) atoms. The summed E-state index contributed by atoms with van der Waals surface area (Å²) in [6.45, 7) is 0. The highest BCUT2D eigenvalue weighted by molar-refractivity contribution is 6.14. The van der Waals surface area contributed by atoms with Gasteiger partial charge in [0.2, 0.25) is 5.75 Å². The number of hydrogen-bond acceptors (Lipinski definition) is 7. The lowest BCUT2D eigenvalue weighted by Gasteiger charge is -2.14. The minimum Gasteiger partial charge on any atom is -0.545 e. The third-order valence-electron chi connectivity index (χ3n) is 2.44. The lowest BCUT2D eigenvalue weighted by atomic mass is 10.1. The van der Waals surface area contributed by atoms with E-state index in [9.17, 15) is 19.8 Å². The fraction of sp³-hybridized carbons (Fsp3) is 0.231. The smallest absolute Gasteiger partial charge is 0.203 e. The Morgan fingerprint density at radius 3 is 1.70 bits per heavy atom. The molecule has 7 nitrogen and oxygen atoms in total. The number of carboxylic acids is 2. The van der Waals surface area contributed by atoms with Gasteiger partial charge in [-0.25, -0.2) is 0 Å². The van der Waals surface area contributed by atoms with E-state index in [2.05, 4.69) is 0 Å². The van der Waals surface area contributed by atoms with Crippen LogP contribution >= 0.6 is 0 Å². The van der Waals surface area contributed by atoms with Crippen LogP contribution in [0.15, 0.2) is 17.7 Å². The summed E-state index contributed by atoms with van der Waals surface area (Å²) < 4.78 is 15.2. The molecule has 0 radical (unpaired) electrons. The van der Waals surface area contributed by atoms with Gasteiger partial charge in [-0.3, -0.25) is 0 Å². The maximum Gasteiger partial charge on any atom is 0.203 e. The van der Waals surface area contributed by atoms with Gasteiger partial charge in [0.25, 0.3) is 0 Å². The van der Waals surface area contributed by atoms with Crippen molar-refractivity contribution < 1.29 is 34.0 Å². The first-order valence-electron chi connectivity index (χ1n) is 5.39. The number of aliphatic carboxylic acids is 2. The molecule has 0 N–H and O–H groups in total. The van der Waals surface area contributed by atoms with Crippen molar-refractivity contribution in [2.45, 2.75) is 0 Å². The van der Waals surface area contributed by atoms with Crippen LogP contribution in [0.1, 0.15) is 5.56 Å². The van der Waals surface area contributed by atoms with Gasteiger partial charge < -0.3 is 34.0 Å². The van der Waals surface area contributed by atoms with Gasteiger partial charge in [0.15, 0.2) is 11.5 Å². The van der Waals surface area contributed by atoms with Gasteiger partial charge in [-0.05, 0) is 23.8 Å². The minimum atomic E-state index is -1.85. The number of carboxylic acid groups (broad SMARTS) is 2. The summed E-state index contributed by atoms with van der Waals surface area (Å²) in [5.74, 6) is -2.88. The molecule has 0 aromatic heterocycles. The molecule has 108 valence electrons. The average Bonchev–Trinajstić information content (AvgIpc) is 2.42. The Morgan fingerprint density at radius 2 is 1.40 bits per heavy atom. The maximum atomic E-state index is 10.7. The first kappa shape index (κ1) is 15.4. The molecule has 0 amide bonds. The molecule has 1 aromatic carbocycles. The number of ether oxygens (including phenoxy) is 3. The highest BCUT2D eigenvalue weighted by atomic mass is 16.5. The summed E-state index contributed by atoms with van der Waals surface area (Å²) in [5, 5.41) is 21.4. The maximum absolute atomic E-state index is 10.7. The molecule has 0 spiro atoms. The fourth-order valence-electron chi connectivity index (χ4n) is 1.55. The van der Waals surface area contributed by atoms with Gasteiger partial charge in [-0.15, -0.1) is 0 Å². The Bertz CT molecular complexity index is 519. The monoisotopic (exact) mass is 280 g/mol. The van der Waals surface area contributed by atoms with Crippen molar-refractivity contribution >= 4 is 18.0 Å².